The van der Waals surface area contributed by atoms with Crippen LogP contribution in [0.2, 0.25) is 0 Å². The van der Waals surface area contributed by atoms with Gasteiger partial charge in [0, 0.05) is 0 Å². The highest BCUT2D eigenvalue weighted by molar-refractivity contribution is 7.90. The number of nitrogens with zero attached hydrogens (tertiary/aromatic N) is 3. The molecule has 1 atom stereocenters. The molecular weight excluding hydrogens is 382 g/mol. The maximum Gasteiger partial charge on any atom is 0.233 e. The summed E-state index contributed by atoms with van der Waals surface area (Å²) in [5.41, 5.74) is 2.02. The minimum atomic E-state index is -3.72. The Morgan fingerprint density at radius 3 is 2.46 bits per heavy atom. The third kappa shape index (κ3) is 4.62. The highest BCUT2D eigenvalue weighted by Crippen LogP contribution is 2.24. The van der Waals surface area contributed by atoms with Gasteiger partial charge in [-0.1, -0.05) is 24.3 Å². The third-order valence-corrected chi connectivity index (χ3v) is 5.77. The minimum absolute atomic E-state index is 0.181. The lowest BCUT2D eigenvalue weighted by Gasteiger charge is -2.23. The number of hydroxylamine groups is 2. The molecule has 0 saturated carbocycles. The Bertz CT molecular complexity index is 1070. The molecule has 0 fully saturated rings. The first kappa shape index (κ1) is 19.7. The zero-order valence-corrected chi connectivity index (χ0v) is 15.9. The van der Waals surface area contributed by atoms with E-state index in [9.17, 15) is 18.4 Å². The van der Waals surface area contributed by atoms with Crippen molar-refractivity contribution >= 4 is 27.3 Å². The monoisotopic (exact) mass is 401 g/mol. The predicted octanol–water partition coefficient (Wildman–Crippen LogP) is 2.14. The Kier molecular flexibility index (Phi) is 5.86. The SMILES string of the molecule is COc1ccc([C@@H](CS(=O)(=O)Cc2cnc3ccccc3n2)N(O)C=O)cc1. The smallest absolute Gasteiger partial charge is 0.233 e. The molecule has 0 spiro atoms. The van der Waals surface area contributed by atoms with Crippen molar-refractivity contribution in [3.05, 3.63) is 66.0 Å². The molecular formula is C19H19N3O5S. The van der Waals surface area contributed by atoms with Crippen molar-refractivity contribution in [1.29, 1.82) is 0 Å². The summed E-state index contributed by atoms with van der Waals surface area (Å²) in [6.45, 7) is 0. The number of aromatic nitrogens is 2. The molecule has 9 heteroatoms. The quantitative estimate of drug-likeness (QED) is 0.350. The van der Waals surface area contributed by atoms with Crippen LogP contribution in [0.25, 0.3) is 11.0 Å². The summed E-state index contributed by atoms with van der Waals surface area (Å²) >= 11 is 0. The Balaban J connectivity index is 1.84. The van der Waals surface area contributed by atoms with E-state index in [4.69, 9.17) is 4.74 Å². The average molecular weight is 401 g/mol. The van der Waals surface area contributed by atoms with E-state index in [0.29, 0.717) is 33.1 Å². The predicted molar refractivity (Wildman–Crippen MR) is 102 cm³/mol. The van der Waals surface area contributed by atoms with E-state index in [1.807, 2.05) is 6.07 Å². The number of hydrogen-bond donors (Lipinski definition) is 1. The maximum absolute atomic E-state index is 12.7. The van der Waals surface area contributed by atoms with Gasteiger partial charge in [0.15, 0.2) is 9.84 Å². The Morgan fingerprint density at radius 1 is 1.14 bits per heavy atom. The van der Waals surface area contributed by atoms with Crippen LogP contribution in [0.1, 0.15) is 17.3 Å². The fourth-order valence-corrected chi connectivity index (χ4v) is 4.35. The first-order valence-electron chi connectivity index (χ1n) is 8.39. The van der Waals surface area contributed by atoms with Crippen molar-refractivity contribution in [3.8, 4) is 5.75 Å². The summed E-state index contributed by atoms with van der Waals surface area (Å²) in [7, 11) is -2.21. The number of amides is 1. The number of hydrogen-bond acceptors (Lipinski definition) is 7. The standard InChI is InChI=1S/C19H19N3O5S/c1-27-16-8-6-14(7-9-16)19(22(24)13-23)12-28(25,26)11-15-10-20-17-4-2-3-5-18(17)21-15/h2-10,13,19,24H,11-12H2,1H3/t19-/m1/s1. The number of methoxy groups -OCH3 is 1. The van der Waals surface area contributed by atoms with Crippen LogP contribution in [0.4, 0.5) is 0 Å². The highest BCUT2D eigenvalue weighted by Gasteiger charge is 2.26. The topological polar surface area (TPSA) is 110 Å². The fourth-order valence-electron chi connectivity index (χ4n) is 2.81. The normalized spacial score (nSPS) is 12.5. The number of rotatable bonds is 8. The lowest BCUT2D eigenvalue weighted by molar-refractivity contribution is -0.158. The lowest BCUT2D eigenvalue weighted by atomic mass is 10.1. The fraction of sp³-hybridized carbons (Fsp3) is 0.211. The van der Waals surface area contributed by atoms with Gasteiger partial charge >= 0.3 is 0 Å². The van der Waals surface area contributed by atoms with Crippen molar-refractivity contribution in [2.45, 2.75) is 11.8 Å². The zero-order chi connectivity index (χ0) is 20.1. The van der Waals surface area contributed by atoms with Gasteiger partial charge in [-0.3, -0.25) is 15.0 Å². The molecule has 146 valence electrons. The van der Waals surface area contributed by atoms with Crippen LogP contribution in [-0.2, 0) is 20.4 Å². The second kappa shape index (κ2) is 8.32. The highest BCUT2D eigenvalue weighted by atomic mass is 32.2. The second-order valence-corrected chi connectivity index (χ2v) is 8.29. The van der Waals surface area contributed by atoms with E-state index in [1.165, 1.54) is 13.3 Å². The number of carbonyl (C=O) groups is 1. The minimum Gasteiger partial charge on any atom is -0.497 e. The van der Waals surface area contributed by atoms with Crippen LogP contribution < -0.4 is 4.74 Å². The number of fused-ring (bicyclic) bond motifs is 1. The molecule has 1 heterocycles. The Hall–Kier alpha value is -3.04. The zero-order valence-electron chi connectivity index (χ0n) is 15.1. The van der Waals surface area contributed by atoms with Gasteiger partial charge in [-0.05, 0) is 29.8 Å². The summed E-state index contributed by atoms with van der Waals surface area (Å²) in [5, 5.41) is 10.3. The van der Waals surface area contributed by atoms with E-state index in [2.05, 4.69) is 9.97 Å². The molecule has 8 nitrogen and oxygen atoms in total. The molecule has 0 aliphatic rings. The molecule has 3 rings (SSSR count). The van der Waals surface area contributed by atoms with Gasteiger partial charge in [-0.2, -0.15) is 0 Å². The van der Waals surface area contributed by atoms with E-state index >= 15 is 0 Å². The summed E-state index contributed by atoms with van der Waals surface area (Å²) in [4.78, 5) is 19.6. The molecule has 3 aromatic rings. The first-order chi connectivity index (χ1) is 13.4. The van der Waals surface area contributed by atoms with E-state index in [0.717, 1.165) is 0 Å². The van der Waals surface area contributed by atoms with Crippen LogP contribution in [0.15, 0.2) is 54.7 Å². The van der Waals surface area contributed by atoms with Gasteiger partial charge in [-0.25, -0.2) is 18.5 Å². The summed E-state index contributed by atoms with van der Waals surface area (Å²) in [5.74, 6) is -0.250. The van der Waals surface area contributed by atoms with Crippen LogP contribution >= 0.6 is 0 Å². The summed E-state index contributed by atoms with van der Waals surface area (Å²) < 4.78 is 30.5. The van der Waals surface area contributed by atoms with Crippen molar-refractivity contribution < 1.29 is 23.2 Å². The molecule has 1 amide bonds. The Morgan fingerprint density at radius 2 is 1.82 bits per heavy atom. The van der Waals surface area contributed by atoms with Gasteiger partial charge in [0.05, 0.1) is 47.6 Å². The molecule has 0 radical (unpaired) electrons. The van der Waals surface area contributed by atoms with E-state index in [1.54, 1.807) is 42.5 Å². The molecule has 0 bridgehead atoms. The number of benzene rings is 2. The summed E-state index contributed by atoms with van der Waals surface area (Å²) in [6, 6.07) is 12.6. The van der Waals surface area contributed by atoms with Gasteiger partial charge < -0.3 is 4.74 Å². The van der Waals surface area contributed by atoms with Crippen LogP contribution in [0.5, 0.6) is 5.75 Å². The van der Waals surface area contributed by atoms with Crippen LogP contribution in [-0.4, -0.2) is 47.9 Å². The van der Waals surface area contributed by atoms with Crippen molar-refractivity contribution in [2.24, 2.45) is 0 Å². The first-order valence-corrected chi connectivity index (χ1v) is 10.2. The molecule has 1 N–H and O–H groups in total. The molecule has 0 aliphatic heterocycles. The second-order valence-electron chi connectivity index (χ2n) is 6.18. The van der Waals surface area contributed by atoms with Crippen molar-refractivity contribution in [1.82, 2.24) is 15.0 Å². The number of sulfone groups is 1. The van der Waals surface area contributed by atoms with E-state index in [-0.39, 0.29) is 12.2 Å². The third-order valence-electron chi connectivity index (χ3n) is 4.21. The summed E-state index contributed by atoms with van der Waals surface area (Å²) in [6.07, 6.45) is 1.60. The molecule has 1 aromatic heterocycles. The Labute approximate surface area is 162 Å². The lowest BCUT2D eigenvalue weighted by Crippen LogP contribution is -2.30. The molecule has 2 aromatic carbocycles. The van der Waals surface area contributed by atoms with Crippen LogP contribution in [0, 0.1) is 0 Å². The van der Waals surface area contributed by atoms with Crippen molar-refractivity contribution in [3.63, 3.8) is 0 Å². The van der Waals surface area contributed by atoms with Gasteiger partial charge in [-0.15, -0.1) is 0 Å². The largest absolute Gasteiger partial charge is 0.497 e. The van der Waals surface area contributed by atoms with Crippen LogP contribution in [0.3, 0.4) is 0 Å². The number of para-hydroxylation sites is 2. The number of carbonyl (C=O) groups excluding carboxylic acids is 1. The van der Waals surface area contributed by atoms with Gasteiger partial charge in [0.1, 0.15) is 5.75 Å². The van der Waals surface area contributed by atoms with Crippen molar-refractivity contribution in [2.75, 3.05) is 12.9 Å². The average Bonchev–Trinajstić information content (AvgIpc) is 2.71. The molecule has 28 heavy (non-hydrogen) atoms. The molecule has 0 unspecified atom stereocenters. The number of ether oxygens (including phenoxy) is 1. The van der Waals surface area contributed by atoms with Gasteiger partial charge in [0.25, 0.3) is 0 Å². The maximum atomic E-state index is 12.7. The molecule has 0 saturated heterocycles. The molecule has 0 aliphatic carbocycles. The van der Waals surface area contributed by atoms with Gasteiger partial charge in [0.2, 0.25) is 6.41 Å². The van der Waals surface area contributed by atoms with E-state index < -0.39 is 21.6 Å².